The molecule has 6 heterocycles. The number of thiophene rings is 3. The van der Waals surface area contributed by atoms with Crippen molar-refractivity contribution in [1.82, 2.24) is 38.3 Å². The van der Waals surface area contributed by atoms with E-state index in [1.165, 1.54) is 59.2 Å². The van der Waals surface area contributed by atoms with Crippen LogP contribution in [0.4, 0.5) is 0 Å². The largest absolute Gasteiger partial charge is 0.479 e. The first kappa shape index (κ1) is 113. The zero-order valence-corrected chi connectivity index (χ0v) is 87.5. The first-order chi connectivity index (χ1) is 62.6. The number of rotatable bonds is 40. The summed E-state index contributed by atoms with van der Waals surface area (Å²) in [4.78, 5) is 73.9. The molecule has 0 bridgehead atoms. The number of esters is 3. The molecule has 134 heavy (non-hydrogen) atoms. The summed E-state index contributed by atoms with van der Waals surface area (Å²) in [5.74, 6) is -6.02. The fourth-order valence-corrected chi connectivity index (χ4v) is 38.4. The predicted octanol–water partition coefficient (Wildman–Crippen LogP) is 5.75. The second-order valence-electron chi connectivity index (χ2n) is 33.5. The van der Waals surface area contributed by atoms with E-state index in [9.17, 15) is 79.3 Å². The van der Waals surface area contributed by atoms with Crippen LogP contribution in [0.2, 0.25) is 10.1 Å². The van der Waals surface area contributed by atoms with Crippen molar-refractivity contribution in [2.75, 3.05) is 100 Å². The normalized spacial score (nSPS) is 18.2. The van der Waals surface area contributed by atoms with Gasteiger partial charge in [0.15, 0.2) is 18.3 Å². The number of hydrogen-bond acceptors (Lipinski definition) is 33. The molecule has 7 aromatic rings. The highest BCUT2D eigenvalue weighted by atomic mass is 32.3. The Hall–Kier alpha value is -7.59. The molecule has 0 aliphatic carbocycles. The predicted molar refractivity (Wildman–Crippen MR) is 512 cm³/mol. The number of aliphatic hydroxyl groups excluding tert-OH is 1. The maximum absolute atomic E-state index is 13.5. The van der Waals surface area contributed by atoms with E-state index in [2.05, 4.69) is 57.5 Å². The fraction of sp³-hybridized carbons (Fsp3) is 0.512. The number of carboxylic acid groups (broad SMARTS) is 1. The second-order valence-corrected chi connectivity index (χ2v) is 57.1. The van der Waals surface area contributed by atoms with Crippen molar-refractivity contribution >= 4 is 167 Å². The molecular formula is C86H125N9O28S9Si2. The average Bonchev–Trinajstić information content (AvgIpc) is 1.51. The Kier molecular flexibility index (Phi) is 41.3. The maximum atomic E-state index is 13.5. The minimum absolute atomic E-state index is 0.0520. The number of carboxylic acids is 1. The van der Waals surface area contributed by atoms with Crippen LogP contribution in [0.15, 0.2) is 165 Å². The summed E-state index contributed by atoms with van der Waals surface area (Å²) in [6, 6.07) is 42.0. The molecule has 744 valence electrons. The van der Waals surface area contributed by atoms with Gasteiger partial charge in [-0.25, -0.2) is 84.3 Å². The van der Waals surface area contributed by atoms with Crippen LogP contribution in [0.1, 0.15) is 158 Å². The fourth-order valence-electron chi connectivity index (χ4n) is 15.0. The highest BCUT2D eigenvalue weighted by molar-refractivity contribution is 7.95. The van der Waals surface area contributed by atoms with E-state index in [0.29, 0.717) is 116 Å². The number of nitrogens with two attached hydrogens (primary N) is 1. The van der Waals surface area contributed by atoms with Crippen molar-refractivity contribution in [1.29, 1.82) is 0 Å². The van der Waals surface area contributed by atoms with Crippen molar-refractivity contribution in [3.8, 4) is 0 Å². The third kappa shape index (κ3) is 27.9. The molecular weight excluding hydrogens is 1950 g/mol. The smallest absolute Gasteiger partial charge is 0.344 e. The Bertz CT molecular complexity index is 5780. The number of ether oxygens (including phenoxy) is 6. The summed E-state index contributed by atoms with van der Waals surface area (Å²) < 4.78 is 204. The van der Waals surface area contributed by atoms with Gasteiger partial charge >= 0.3 is 23.9 Å². The van der Waals surface area contributed by atoms with E-state index in [4.69, 9.17) is 52.6 Å². The number of likely N-dealkylation sites (N-methyl/N-ethyl adjacent to an activating group) is 3. The number of hydrogen-bond donors (Lipinski definition) is 8. The van der Waals surface area contributed by atoms with Crippen LogP contribution < -0.4 is 51.3 Å². The average molecular weight is 2080 g/mol. The van der Waals surface area contributed by atoms with Gasteiger partial charge in [0, 0.05) is 115 Å². The van der Waals surface area contributed by atoms with E-state index in [-0.39, 0.29) is 69.1 Å². The number of aliphatic carboxylic acids is 1. The topological polar surface area (TPSA) is 517 Å². The van der Waals surface area contributed by atoms with Gasteiger partial charge in [0.2, 0.25) is 10.0 Å². The molecule has 0 saturated heterocycles. The zero-order chi connectivity index (χ0) is 100. The number of fused-ring (bicyclic) bond motifs is 3. The molecule has 4 aromatic carbocycles. The summed E-state index contributed by atoms with van der Waals surface area (Å²) >= 11 is 1.82. The zero-order valence-electron chi connectivity index (χ0n) is 78.2. The van der Waals surface area contributed by atoms with Crippen LogP contribution in [0, 0.1) is 0 Å². The number of methoxy groups -OCH3 is 3. The van der Waals surface area contributed by atoms with Gasteiger partial charge in [-0.05, 0) is 129 Å². The van der Waals surface area contributed by atoms with Gasteiger partial charge in [0.05, 0.1) is 0 Å². The lowest BCUT2D eigenvalue weighted by molar-refractivity contribution is -0.167. The van der Waals surface area contributed by atoms with E-state index < -0.39 is 166 Å². The lowest BCUT2D eigenvalue weighted by Gasteiger charge is -2.44. The van der Waals surface area contributed by atoms with Gasteiger partial charge in [-0.15, -0.1) is 34.0 Å². The number of carbonyl (C=O) groups excluding carboxylic acids is 5. The number of aliphatic hydroxyl groups is 1. The first-order valence-corrected chi connectivity index (χ1v) is 58.1. The van der Waals surface area contributed by atoms with Crippen LogP contribution in [0.3, 0.4) is 0 Å². The van der Waals surface area contributed by atoms with Crippen LogP contribution in [-0.4, -0.2) is 263 Å². The monoisotopic (exact) mass is 2080 g/mol. The summed E-state index contributed by atoms with van der Waals surface area (Å²) in [7, 11) is -26.0. The lowest BCUT2D eigenvalue weighted by atomic mass is 10.1. The quantitative estimate of drug-likeness (QED) is 0.00980. The van der Waals surface area contributed by atoms with Crippen LogP contribution in [0.25, 0.3) is 0 Å². The van der Waals surface area contributed by atoms with Crippen molar-refractivity contribution in [3.05, 3.63) is 156 Å². The van der Waals surface area contributed by atoms with E-state index in [0.717, 1.165) is 34.6 Å². The molecule has 0 saturated carbocycles. The van der Waals surface area contributed by atoms with Gasteiger partial charge in [0.25, 0.3) is 78.6 Å². The number of amides is 2. The summed E-state index contributed by atoms with van der Waals surface area (Å²) in [5, 5.41) is 36.2. The third-order valence-corrected chi connectivity index (χ3v) is 47.4. The highest BCUT2D eigenvalue weighted by Gasteiger charge is 2.55. The van der Waals surface area contributed by atoms with Crippen molar-refractivity contribution in [2.24, 2.45) is 5.14 Å². The van der Waals surface area contributed by atoms with Gasteiger partial charge in [-0.1, -0.05) is 184 Å². The highest BCUT2D eigenvalue weighted by Crippen LogP contribution is 2.45. The van der Waals surface area contributed by atoms with E-state index >= 15 is 0 Å². The molecule has 3 aromatic heterocycles. The van der Waals surface area contributed by atoms with E-state index in [1.54, 1.807) is 25.7 Å². The first-order valence-electron chi connectivity index (χ1n) is 43.0. The Morgan fingerprint density at radius 1 is 0.440 bits per heavy atom. The number of carbonyl (C=O) groups is 6. The molecule has 3 aliphatic rings. The van der Waals surface area contributed by atoms with Crippen LogP contribution in [0.5, 0.6) is 0 Å². The Morgan fingerprint density at radius 2 is 0.701 bits per heavy atom. The molecule has 48 heteroatoms. The number of primary sulfonamides is 1. The molecule has 0 fully saturated rings. The van der Waals surface area contributed by atoms with Gasteiger partial charge in [0.1, 0.15) is 43.6 Å². The SMILES string of the molecule is CCN[C@H]1CN(CCCOC)S(=O)(=O)c2sc(S(=O)(=O)NC(=O)[C@H](C)OC(=O)[C@H](C)O)cc21.CCN[C@H]1CN(CCCOC)S(=O)(=O)c2sc(S(=O)(=O)NC(=O)[C@H](C)OC(=O)[C@H](C)O[Si](c3ccccc3)(c3ccccc3)C(C)(C)C)cc21.CCN[C@H]1CN(CCCOC)S(=O)(=O)c2sc(S(N)(=O)=O)cc21.C[C@H](O[Si](c1ccccc1)(c1ccccc1)C(C)(C)C)C(=O)O[C@H](C)C(=O)O. The Morgan fingerprint density at radius 3 is 0.948 bits per heavy atom. The van der Waals surface area contributed by atoms with Crippen molar-refractivity contribution in [3.63, 3.8) is 0 Å². The van der Waals surface area contributed by atoms with Crippen LogP contribution in [-0.2, 0) is 126 Å². The molecule has 0 spiro atoms. The Labute approximate surface area is 800 Å². The number of benzene rings is 4. The molecule has 37 nitrogen and oxygen atoms in total. The molecule has 0 radical (unpaired) electrons. The van der Waals surface area contributed by atoms with Gasteiger partial charge in [-0.3, -0.25) is 9.59 Å². The summed E-state index contributed by atoms with van der Waals surface area (Å²) in [6.45, 7) is 30.3. The lowest BCUT2D eigenvalue weighted by Crippen LogP contribution is -2.68. The summed E-state index contributed by atoms with van der Waals surface area (Å²) in [5.41, 5.74) is 1.11. The minimum Gasteiger partial charge on any atom is -0.479 e. The molecule has 9 N–H and O–H groups in total. The molecule has 0 unspecified atom stereocenters. The Balaban J connectivity index is 0.000000255. The second kappa shape index (κ2) is 48.8. The standard InChI is InChI=1S/C34H47N3O9S3Si.C22H28O5Si.C18H29N3O9S3.C12H21N3O5S3/c1-8-35-29-23-37(20-15-21-44-7)49(42,43)33-28(29)22-30(47-33)48(40,41)36-31(38)24(2)45-32(39)25(3)46-50(34(4,5)6,26-16-11-9-12-17-26)27-18-13-10-14-19-27;1-16(20(23)24)26-21(25)17(2)27-28(22(3,4)5,18-12-8-6-9-13-18)19-14-10-7-11-15-19;1-5-19-14-10-21(7-6-8-29-4)33(27,28)18-13(14)9-15(31-18)32(25,26)20-16(23)12(3)30-17(24)11(2)22;1-3-14-10-8-15(5-4-6-20-2)23(18,19)12-9(10)7-11(21-12)22(13,16)17/h9-14,16-19,22,24-25,29,35H,8,15,20-21,23H2,1-7H3,(H,36,38);6-17H,1-5H3,(H,23,24);9,11-12,14,19,22H,5-8,10H2,1-4H3,(H,20,23);7,10,14H,3-6,8H2,1-2H3,(H2,13,16,17)/t24-,25-,29-;16-,17+;11-,12-,14-;10-/m0100/s1. The summed E-state index contributed by atoms with van der Waals surface area (Å²) in [6.07, 6.45) is -6.23. The maximum Gasteiger partial charge on any atom is 0.344 e. The molecule has 3 aliphatic heterocycles. The van der Waals surface area contributed by atoms with Gasteiger partial charge in [-0.2, -0.15) is 12.9 Å². The third-order valence-electron chi connectivity index (χ3n) is 21.5. The molecule has 2 amide bonds. The number of nitrogens with zero attached hydrogens (tertiary/aromatic N) is 3. The van der Waals surface area contributed by atoms with E-state index in [1.807, 2.05) is 147 Å². The van der Waals surface area contributed by atoms with Crippen LogP contribution >= 0.6 is 34.0 Å². The molecule has 10 rings (SSSR count). The van der Waals surface area contributed by atoms with Gasteiger partial charge < -0.3 is 63.4 Å². The minimum atomic E-state index is -4.53. The number of nitrogens with one attached hydrogen (secondary N) is 5. The van der Waals surface area contributed by atoms with Crippen molar-refractivity contribution in [2.45, 2.75) is 213 Å². The molecule has 9 atom stereocenters. The van der Waals surface area contributed by atoms with Crippen molar-refractivity contribution < 1.29 is 127 Å². The number of sulfonamides is 6.